The summed E-state index contributed by atoms with van der Waals surface area (Å²) >= 11 is 0. The number of carbonyl (C=O) groups is 1. The van der Waals surface area contributed by atoms with Crippen LogP contribution in [0.1, 0.15) is 59.5 Å². The maximum absolute atomic E-state index is 12.7. The molecule has 8 heteroatoms. The second-order valence-electron chi connectivity index (χ2n) is 7.03. The van der Waals surface area contributed by atoms with Crippen molar-refractivity contribution in [2.75, 3.05) is 0 Å². The van der Waals surface area contributed by atoms with Gasteiger partial charge in [0, 0.05) is 12.0 Å². The van der Waals surface area contributed by atoms with Gasteiger partial charge in [-0.3, -0.25) is 9.59 Å². The minimum absolute atomic E-state index is 0.0694. The average molecular weight is 375 g/mol. The van der Waals surface area contributed by atoms with Crippen LogP contribution in [0.25, 0.3) is 0 Å². The fraction of sp³-hybridized carbons (Fsp3) is 0.421. The number of benzene rings is 1. The number of amides is 1. The summed E-state index contributed by atoms with van der Waals surface area (Å²) in [6.45, 7) is -2.88. The predicted octanol–water partition coefficient (Wildman–Crippen LogP) is 3.13. The largest absolute Gasteiger partial charge is 0.435 e. The number of carbonyl (C=O) groups excluding carboxylic acids is 1. The molecule has 2 fully saturated rings. The molecular formula is C19H19F2N3O3. The molecule has 6 nitrogen and oxygen atoms in total. The highest BCUT2D eigenvalue weighted by Gasteiger charge is 2.34. The highest BCUT2D eigenvalue weighted by atomic mass is 19.3. The Balaban J connectivity index is 1.52. The molecule has 1 aromatic heterocycles. The zero-order chi connectivity index (χ0) is 19.0. The van der Waals surface area contributed by atoms with Gasteiger partial charge in [-0.1, -0.05) is 12.1 Å². The third kappa shape index (κ3) is 4.32. The van der Waals surface area contributed by atoms with E-state index in [0.717, 1.165) is 31.2 Å². The van der Waals surface area contributed by atoms with Gasteiger partial charge in [-0.15, -0.1) is 0 Å². The molecule has 27 heavy (non-hydrogen) atoms. The predicted molar refractivity (Wildman–Crippen MR) is 92.8 cm³/mol. The average Bonchev–Trinajstić information content (AvgIpc) is 3.52. The first-order valence-corrected chi connectivity index (χ1v) is 8.96. The van der Waals surface area contributed by atoms with E-state index in [-0.39, 0.29) is 34.9 Å². The van der Waals surface area contributed by atoms with Gasteiger partial charge in [-0.25, -0.2) is 4.98 Å². The van der Waals surface area contributed by atoms with Crippen molar-refractivity contribution in [2.24, 2.45) is 5.92 Å². The van der Waals surface area contributed by atoms with Crippen LogP contribution in [0, 0.1) is 5.92 Å². The lowest BCUT2D eigenvalue weighted by molar-refractivity contribution is -0.0498. The maximum atomic E-state index is 12.7. The standard InChI is InChI=1S/C19H19F2N3O3/c20-19(21)27-13-7-5-11(6-8-13)16(10-1-2-10)24-18(26)14-9-15(25)23-17(22-14)12-3-4-12/h5-10,12,16,19H,1-4H2,(H,24,26)(H,22,23,25). The van der Waals surface area contributed by atoms with Gasteiger partial charge in [0.1, 0.15) is 17.3 Å². The molecule has 2 aliphatic rings. The van der Waals surface area contributed by atoms with Crippen LogP contribution < -0.4 is 15.6 Å². The first-order chi connectivity index (χ1) is 13.0. The van der Waals surface area contributed by atoms with Gasteiger partial charge in [0.15, 0.2) is 0 Å². The molecule has 0 bridgehead atoms. The highest BCUT2D eigenvalue weighted by molar-refractivity contribution is 5.92. The number of hydrogen-bond donors (Lipinski definition) is 2. The van der Waals surface area contributed by atoms with E-state index in [9.17, 15) is 18.4 Å². The Bertz CT molecular complexity index is 890. The Morgan fingerprint density at radius 1 is 1.19 bits per heavy atom. The number of nitrogens with zero attached hydrogens (tertiary/aromatic N) is 1. The molecule has 2 N–H and O–H groups in total. The molecule has 1 aromatic carbocycles. The van der Waals surface area contributed by atoms with E-state index in [1.165, 1.54) is 18.2 Å². The van der Waals surface area contributed by atoms with Crippen molar-refractivity contribution in [1.82, 2.24) is 15.3 Å². The van der Waals surface area contributed by atoms with E-state index in [4.69, 9.17) is 0 Å². The summed E-state index contributed by atoms with van der Waals surface area (Å²) in [7, 11) is 0. The number of H-pyrrole nitrogens is 1. The number of nitrogens with one attached hydrogen (secondary N) is 2. The molecule has 1 atom stereocenters. The van der Waals surface area contributed by atoms with Crippen LogP contribution in [0.2, 0.25) is 0 Å². The van der Waals surface area contributed by atoms with Crippen LogP contribution in [0.15, 0.2) is 35.1 Å². The summed E-state index contributed by atoms with van der Waals surface area (Å²) in [6.07, 6.45) is 3.87. The summed E-state index contributed by atoms with van der Waals surface area (Å²) in [5.41, 5.74) is 0.567. The van der Waals surface area contributed by atoms with Gasteiger partial charge in [-0.2, -0.15) is 8.78 Å². The van der Waals surface area contributed by atoms with Crippen molar-refractivity contribution in [3.63, 3.8) is 0 Å². The van der Waals surface area contributed by atoms with E-state index in [2.05, 4.69) is 20.0 Å². The first-order valence-electron chi connectivity index (χ1n) is 8.96. The SMILES string of the molecule is O=C(NC(c1ccc(OC(F)F)cc1)C1CC1)c1cc(=O)[nH]c(C2CC2)n1. The lowest BCUT2D eigenvalue weighted by Gasteiger charge is -2.19. The second kappa shape index (κ2) is 7.09. The van der Waals surface area contributed by atoms with E-state index in [0.29, 0.717) is 5.82 Å². The van der Waals surface area contributed by atoms with Crippen molar-refractivity contribution in [1.29, 1.82) is 0 Å². The quantitative estimate of drug-likeness (QED) is 0.779. The zero-order valence-electron chi connectivity index (χ0n) is 14.5. The topological polar surface area (TPSA) is 84.1 Å². The Morgan fingerprint density at radius 3 is 2.48 bits per heavy atom. The summed E-state index contributed by atoms with van der Waals surface area (Å²) in [6, 6.07) is 7.19. The van der Waals surface area contributed by atoms with Gasteiger partial charge in [0.05, 0.1) is 6.04 Å². The van der Waals surface area contributed by atoms with Crippen molar-refractivity contribution < 1.29 is 18.3 Å². The third-order valence-corrected chi connectivity index (χ3v) is 4.80. The van der Waals surface area contributed by atoms with Gasteiger partial charge < -0.3 is 15.0 Å². The van der Waals surface area contributed by atoms with Crippen LogP contribution in [-0.4, -0.2) is 22.5 Å². The Morgan fingerprint density at radius 2 is 1.89 bits per heavy atom. The smallest absolute Gasteiger partial charge is 0.387 e. The summed E-state index contributed by atoms with van der Waals surface area (Å²) in [4.78, 5) is 31.5. The molecule has 2 saturated carbocycles. The molecule has 0 aliphatic heterocycles. The van der Waals surface area contributed by atoms with Gasteiger partial charge >= 0.3 is 6.61 Å². The zero-order valence-corrected chi connectivity index (χ0v) is 14.5. The third-order valence-electron chi connectivity index (χ3n) is 4.80. The highest BCUT2D eigenvalue weighted by Crippen LogP contribution is 2.41. The fourth-order valence-electron chi connectivity index (χ4n) is 3.12. The number of hydrogen-bond acceptors (Lipinski definition) is 4. The first kappa shape index (κ1) is 17.6. The molecule has 1 amide bonds. The van der Waals surface area contributed by atoms with E-state index in [1.807, 2.05) is 0 Å². The van der Waals surface area contributed by atoms with Crippen LogP contribution >= 0.6 is 0 Å². The molecule has 2 aromatic rings. The molecule has 142 valence electrons. The second-order valence-corrected chi connectivity index (χ2v) is 7.03. The van der Waals surface area contributed by atoms with Gasteiger partial charge in [0.2, 0.25) is 0 Å². The van der Waals surface area contributed by atoms with Crippen molar-refractivity contribution in [3.8, 4) is 5.75 Å². The minimum Gasteiger partial charge on any atom is -0.435 e. The Hall–Kier alpha value is -2.77. The van der Waals surface area contributed by atoms with Crippen LogP contribution in [0.3, 0.4) is 0 Å². The summed E-state index contributed by atoms with van der Waals surface area (Å²) in [5.74, 6) is 0.727. The van der Waals surface area contributed by atoms with Crippen molar-refractivity contribution >= 4 is 5.91 Å². The molecular weight excluding hydrogens is 356 g/mol. The van der Waals surface area contributed by atoms with E-state index in [1.54, 1.807) is 12.1 Å². The van der Waals surface area contributed by atoms with Gasteiger partial charge in [0.25, 0.3) is 11.5 Å². The normalized spacial score (nSPS) is 17.6. The number of ether oxygens (including phenoxy) is 1. The van der Waals surface area contributed by atoms with E-state index < -0.39 is 12.5 Å². The molecule has 0 saturated heterocycles. The minimum atomic E-state index is -2.88. The summed E-state index contributed by atoms with van der Waals surface area (Å²) in [5, 5.41) is 2.94. The fourth-order valence-corrected chi connectivity index (χ4v) is 3.12. The molecule has 0 spiro atoms. The Labute approximate surface area is 154 Å². The lowest BCUT2D eigenvalue weighted by atomic mass is 10.0. The van der Waals surface area contributed by atoms with Crippen LogP contribution in [0.4, 0.5) is 8.78 Å². The maximum Gasteiger partial charge on any atom is 0.387 e. The van der Waals surface area contributed by atoms with E-state index >= 15 is 0 Å². The molecule has 1 heterocycles. The number of alkyl halides is 2. The number of aromatic nitrogens is 2. The number of rotatable bonds is 7. The molecule has 2 aliphatic carbocycles. The number of halogens is 2. The lowest BCUT2D eigenvalue weighted by Crippen LogP contribution is -2.32. The van der Waals surface area contributed by atoms with Crippen molar-refractivity contribution in [3.05, 3.63) is 57.8 Å². The Kier molecular flexibility index (Phi) is 4.63. The molecule has 1 unspecified atom stereocenters. The van der Waals surface area contributed by atoms with Gasteiger partial charge in [-0.05, 0) is 49.3 Å². The van der Waals surface area contributed by atoms with Crippen molar-refractivity contribution in [2.45, 2.75) is 44.3 Å². The summed E-state index contributed by atoms with van der Waals surface area (Å²) < 4.78 is 28.9. The number of aromatic amines is 1. The molecule has 4 rings (SSSR count). The molecule has 0 radical (unpaired) electrons. The van der Waals surface area contributed by atoms with Crippen LogP contribution in [-0.2, 0) is 0 Å². The monoisotopic (exact) mass is 375 g/mol. The van der Waals surface area contributed by atoms with Crippen LogP contribution in [0.5, 0.6) is 5.75 Å².